The fraction of sp³-hybridized carbons (Fsp3) is 0.400. The normalized spacial score (nSPS) is 14.4. The average Bonchev–Trinajstić information content (AvgIpc) is 2.83. The van der Waals surface area contributed by atoms with Crippen molar-refractivity contribution < 1.29 is 0 Å². The second-order valence-corrected chi connectivity index (χ2v) is 6.38. The van der Waals surface area contributed by atoms with Crippen LogP contribution in [0.15, 0.2) is 35.7 Å². The van der Waals surface area contributed by atoms with E-state index in [1.165, 1.54) is 5.56 Å². The summed E-state index contributed by atoms with van der Waals surface area (Å²) in [5.74, 6) is 0. The van der Waals surface area contributed by atoms with Crippen LogP contribution in [0.3, 0.4) is 0 Å². The van der Waals surface area contributed by atoms with Crippen LogP contribution < -0.4 is 5.32 Å². The predicted octanol–water partition coefficient (Wildman–Crippen LogP) is 3.58. The molecule has 2 unspecified atom stereocenters. The lowest BCUT2D eigenvalue weighted by Gasteiger charge is -2.31. The molecule has 0 saturated carbocycles. The van der Waals surface area contributed by atoms with Gasteiger partial charge in [-0.25, -0.2) is 4.98 Å². The molecule has 1 N–H and O–H groups in total. The number of likely N-dealkylation sites (N-methyl/N-ethyl adjacent to an activating group) is 1. The molecule has 0 radical (unpaired) electrons. The summed E-state index contributed by atoms with van der Waals surface area (Å²) in [6.07, 6.45) is 0. The van der Waals surface area contributed by atoms with Gasteiger partial charge < -0.3 is 10.2 Å². The first-order valence-corrected chi connectivity index (χ1v) is 7.88. The Labute approximate surface area is 129 Å². The Kier molecular flexibility index (Phi) is 5.54. The molecule has 5 heteroatoms. The third-order valence-corrected chi connectivity index (χ3v) is 4.44. The van der Waals surface area contributed by atoms with Gasteiger partial charge in [-0.3, -0.25) is 0 Å². The van der Waals surface area contributed by atoms with E-state index in [0.29, 0.717) is 17.2 Å². The average molecular weight is 310 g/mol. The quantitative estimate of drug-likeness (QED) is 0.884. The summed E-state index contributed by atoms with van der Waals surface area (Å²) in [5.41, 5.74) is 1.31. The van der Waals surface area contributed by atoms with Crippen molar-refractivity contribution in [3.8, 4) is 0 Å². The molecule has 3 nitrogen and oxygen atoms in total. The summed E-state index contributed by atoms with van der Waals surface area (Å²) in [6, 6.07) is 11.2. The Hall–Kier alpha value is -0.940. The first-order valence-electron chi connectivity index (χ1n) is 6.62. The SMILES string of the molecule is CC(NCc1nc(Cl)cs1)C(c1ccccc1)N(C)C. The largest absolute Gasteiger partial charge is 0.306 e. The zero-order valence-electron chi connectivity index (χ0n) is 12.0. The number of thiazole rings is 1. The van der Waals surface area contributed by atoms with Gasteiger partial charge in [0.25, 0.3) is 0 Å². The van der Waals surface area contributed by atoms with Crippen molar-refractivity contribution in [3.63, 3.8) is 0 Å². The van der Waals surface area contributed by atoms with E-state index in [0.717, 1.165) is 11.6 Å². The number of benzene rings is 1. The number of hydrogen-bond donors (Lipinski definition) is 1. The van der Waals surface area contributed by atoms with Gasteiger partial charge in [0.15, 0.2) is 0 Å². The third kappa shape index (κ3) is 4.03. The lowest BCUT2D eigenvalue weighted by molar-refractivity contribution is 0.239. The molecular formula is C15H20ClN3S. The van der Waals surface area contributed by atoms with Crippen LogP contribution in [0.2, 0.25) is 5.15 Å². The van der Waals surface area contributed by atoms with Gasteiger partial charge in [0.05, 0.1) is 0 Å². The highest BCUT2D eigenvalue weighted by molar-refractivity contribution is 7.10. The zero-order valence-corrected chi connectivity index (χ0v) is 13.6. The zero-order chi connectivity index (χ0) is 14.5. The minimum absolute atomic E-state index is 0.315. The van der Waals surface area contributed by atoms with Crippen LogP contribution in [0.4, 0.5) is 0 Å². The first kappa shape index (κ1) is 15.4. The highest BCUT2D eigenvalue weighted by atomic mass is 35.5. The van der Waals surface area contributed by atoms with Crippen LogP contribution in [0.5, 0.6) is 0 Å². The lowest BCUT2D eigenvalue weighted by Crippen LogP contribution is -2.38. The van der Waals surface area contributed by atoms with Crippen molar-refractivity contribution >= 4 is 22.9 Å². The van der Waals surface area contributed by atoms with Gasteiger partial charge in [0.2, 0.25) is 0 Å². The third-order valence-electron chi connectivity index (χ3n) is 3.27. The van der Waals surface area contributed by atoms with E-state index in [4.69, 9.17) is 11.6 Å². The first-order chi connectivity index (χ1) is 9.58. The molecular weight excluding hydrogens is 290 g/mol. The fourth-order valence-electron chi connectivity index (χ4n) is 2.41. The van der Waals surface area contributed by atoms with E-state index in [2.05, 4.69) is 60.5 Å². The molecule has 20 heavy (non-hydrogen) atoms. The van der Waals surface area contributed by atoms with E-state index in [9.17, 15) is 0 Å². The molecule has 0 spiro atoms. The van der Waals surface area contributed by atoms with E-state index in [1.54, 1.807) is 11.3 Å². The molecule has 1 aromatic carbocycles. The summed E-state index contributed by atoms with van der Waals surface area (Å²) in [7, 11) is 4.21. The van der Waals surface area contributed by atoms with Gasteiger partial charge in [-0.05, 0) is 26.6 Å². The maximum absolute atomic E-state index is 5.85. The maximum Gasteiger partial charge on any atom is 0.140 e. The van der Waals surface area contributed by atoms with E-state index in [-0.39, 0.29) is 0 Å². The van der Waals surface area contributed by atoms with Crippen molar-refractivity contribution in [3.05, 3.63) is 51.4 Å². The summed E-state index contributed by atoms with van der Waals surface area (Å²) < 4.78 is 0. The minimum Gasteiger partial charge on any atom is -0.306 e. The van der Waals surface area contributed by atoms with E-state index in [1.807, 2.05) is 11.4 Å². The van der Waals surface area contributed by atoms with Crippen LogP contribution in [0, 0.1) is 0 Å². The summed E-state index contributed by atoms with van der Waals surface area (Å²) in [6.45, 7) is 2.95. The van der Waals surface area contributed by atoms with Gasteiger partial charge in [-0.15, -0.1) is 11.3 Å². The van der Waals surface area contributed by atoms with Crippen molar-refractivity contribution in [1.29, 1.82) is 0 Å². The summed E-state index contributed by atoms with van der Waals surface area (Å²) >= 11 is 7.44. The lowest BCUT2D eigenvalue weighted by atomic mass is 9.99. The molecule has 108 valence electrons. The number of hydrogen-bond acceptors (Lipinski definition) is 4. The van der Waals surface area contributed by atoms with Crippen LogP contribution in [-0.4, -0.2) is 30.0 Å². The maximum atomic E-state index is 5.85. The number of nitrogens with zero attached hydrogens (tertiary/aromatic N) is 2. The molecule has 0 bridgehead atoms. The molecule has 0 aliphatic rings. The molecule has 2 rings (SSSR count). The second kappa shape index (κ2) is 7.18. The van der Waals surface area contributed by atoms with Gasteiger partial charge in [0.1, 0.15) is 10.2 Å². The Balaban J connectivity index is 2.02. The van der Waals surface area contributed by atoms with Crippen LogP contribution in [-0.2, 0) is 6.54 Å². The molecule has 2 atom stereocenters. The predicted molar refractivity (Wildman–Crippen MR) is 86.3 cm³/mol. The van der Waals surface area contributed by atoms with Crippen molar-refractivity contribution in [2.45, 2.75) is 25.6 Å². The standard InChI is InChI=1S/C15H20ClN3S/c1-11(17-9-14-18-13(16)10-20-14)15(19(2)3)12-7-5-4-6-8-12/h4-8,10-11,15,17H,9H2,1-3H3. The van der Waals surface area contributed by atoms with Crippen LogP contribution >= 0.6 is 22.9 Å². The number of nitrogens with one attached hydrogen (secondary N) is 1. The van der Waals surface area contributed by atoms with Crippen molar-refractivity contribution in [1.82, 2.24) is 15.2 Å². The molecule has 2 aromatic rings. The van der Waals surface area contributed by atoms with Crippen molar-refractivity contribution in [2.75, 3.05) is 14.1 Å². The molecule has 0 aliphatic carbocycles. The fourth-order valence-corrected chi connectivity index (χ4v) is 3.30. The number of aromatic nitrogens is 1. The highest BCUT2D eigenvalue weighted by Crippen LogP contribution is 2.22. The smallest absolute Gasteiger partial charge is 0.140 e. The van der Waals surface area contributed by atoms with Gasteiger partial charge in [-0.1, -0.05) is 41.9 Å². The second-order valence-electron chi connectivity index (χ2n) is 5.05. The molecule has 0 amide bonds. The topological polar surface area (TPSA) is 28.2 Å². The highest BCUT2D eigenvalue weighted by Gasteiger charge is 2.21. The molecule has 0 aliphatic heterocycles. The molecule has 0 fully saturated rings. The Bertz CT molecular complexity index is 527. The number of halogens is 1. The Morgan fingerprint density at radius 3 is 2.55 bits per heavy atom. The van der Waals surface area contributed by atoms with Crippen LogP contribution in [0.25, 0.3) is 0 Å². The minimum atomic E-state index is 0.315. The van der Waals surface area contributed by atoms with Crippen LogP contribution in [0.1, 0.15) is 23.5 Å². The summed E-state index contributed by atoms with van der Waals surface area (Å²) in [4.78, 5) is 6.51. The number of rotatable bonds is 6. The van der Waals surface area contributed by atoms with Crippen molar-refractivity contribution in [2.24, 2.45) is 0 Å². The van der Waals surface area contributed by atoms with E-state index >= 15 is 0 Å². The molecule has 1 heterocycles. The Morgan fingerprint density at radius 1 is 1.30 bits per heavy atom. The van der Waals surface area contributed by atoms with Gasteiger partial charge >= 0.3 is 0 Å². The van der Waals surface area contributed by atoms with Gasteiger partial charge in [-0.2, -0.15) is 0 Å². The van der Waals surface area contributed by atoms with E-state index < -0.39 is 0 Å². The Morgan fingerprint density at radius 2 is 2.00 bits per heavy atom. The molecule has 0 saturated heterocycles. The molecule has 1 aromatic heterocycles. The van der Waals surface area contributed by atoms with Gasteiger partial charge in [0, 0.05) is 24.0 Å². The summed E-state index contributed by atoms with van der Waals surface area (Å²) in [5, 5.41) is 7.00. The monoisotopic (exact) mass is 309 g/mol.